The van der Waals surface area contributed by atoms with Crippen LogP contribution < -0.4 is 20.4 Å². The fraction of sp³-hybridized carbons (Fsp3) is 0.579. The van der Waals surface area contributed by atoms with Crippen molar-refractivity contribution in [3.8, 4) is 0 Å². The first-order valence-electron chi connectivity index (χ1n) is 9.54. The molecule has 1 aliphatic heterocycles. The Labute approximate surface area is 168 Å². The smallest absolute Gasteiger partial charge is 0.279 e. The van der Waals surface area contributed by atoms with Crippen LogP contribution in [0.3, 0.4) is 0 Å². The number of benzene rings is 1. The first-order chi connectivity index (χ1) is 13.6. The number of anilines is 1. The highest BCUT2D eigenvalue weighted by Crippen LogP contribution is 2.19. The molecule has 1 aromatic rings. The van der Waals surface area contributed by atoms with Crippen LogP contribution >= 0.6 is 0 Å². The van der Waals surface area contributed by atoms with E-state index in [1.807, 2.05) is 0 Å². The van der Waals surface area contributed by atoms with Gasteiger partial charge in [0.2, 0.25) is 0 Å². The molecule has 1 heterocycles. The van der Waals surface area contributed by atoms with E-state index in [9.17, 15) is 22.8 Å². The molecule has 0 aromatic heterocycles. The molecule has 1 aliphatic rings. The quantitative estimate of drug-likeness (QED) is 0.383. The highest BCUT2D eigenvalue weighted by Gasteiger charge is 2.32. The second kappa shape index (κ2) is 10.0. The van der Waals surface area contributed by atoms with Gasteiger partial charge in [-0.05, 0) is 26.0 Å². The maximum Gasteiger partial charge on any atom is 0.279 e. The van der Waals surface area contributed by atoms with Crippen LogP contribution in [-0.4, -0.2) is 70.3 Å². The number of likely N-dealkylation sites (N-methyl/N-ethyl adjacent to an activating group) is 1. The van der Waals surface area contributed by atoms with Crippen molar-refractivity contribution in [1.29, 1.82) is 0 Å². The van der Waals surface area contributed by atoms with Crippen molar-refractivity contribution in [2.75, 3.05) is 58.3 Å². The highest BCUT2D eigenvalue weighted by atomic mass is 19.2. The summed E-state index contributed by atoms with van der Waals surface area (Å²) in [5, 5.41) is 5.09. The van der Waals surface area contributed by atoms with E-state index < -0.39 is 29.0 Å². The maximum atomic E-state index is 13.6. The number of nitrogens with one attached hydrogen (secondary N) is 4. The lowest BCUT2D eigenvalue weighted by atomic mass is 10.0. The molecule has 1 aromatic carbocycles. The standard InChI is InChI=1S/C19H27F3N4O3/c1-19(2,26-6-8-29-9-7-26)12-23-15(27)10-25(3)11-16(28)24-14-5-4-13(20)17(21)18(14)22/h4-5H,6-12H2,1-3H3,(H,23,27)(H,24,28)/p+2. The van der Waals surface area contributed by atoms with E-state index in [1.165, 1.54) is 4.90 Å². The Hall–Kier alpha value is -2.17. The minimum absolute atomic E-state index is 0.0439. The van der Waals surface area contributed by atoms with Gasteiger partial charge in [0.25, 0.3) is 11.8 Å². The van der Waals surface area contributed by atoms with E-state index in [2.05, 4.69) is 24.5 Å². The van der Waals surface area contributed by atoms with Crippen LogP contribution in [0.1, 0.15) is 13.8 Å². The lowest BCUT2D eigenvalue weighted by Crippen LogP contribution is -3.22. The van der Waals surface area contributed by atoms with Crippen molar-refractivity contribution in [2.24, 2.45) is 0 Å². The Morgan fingerprint density at radius 1 is 1.10 bits per heavy atom. The summed E-state index contributed by atoms with van der Waals surface area (Å²) in [5.41, 5.74) is -0.587. The molecular weight excluding hydrogens is 389 g/mol. The van der Waals surface area contributed by atoms with Crippen molar-refractivity contribution >= 4 is 17.5 Å². The van der Waals surface area contributed by atoms with Gasteiger partial charge in [-0.2, -0.15) is 0 Å². The molecule has 1 atom stereocenters. The third kappa shape index (κ3) is 6.69. The summed E-state index contributed by atoms with van der Waals surface area (Å²) in [7, 11) is 1.64. The fourth-order valence-electron chi connectivity index (χ4n) is 3.23. The lowest BCUT2D eigenvalue weighted by Gasteiger charge is -2.37. The van der Waals surface area contributed by atoms with Gasteiger partial charge in [-0.1, -0.05) is 0 Å². The Kier molecular flexibility index (Phi) is 8.00. The Morgan fingerprint density at radius 3 is 2.38 bits per heavy atom. The molecule has 2 rings (SSSR count). The fourth-order valence-corrected chi connectivity index (χ4v) is 3.23. The van der Waals surface area contributed by atoms with Gasteiger partial charge in [0.1, 0.15) is 18.6 Å². The van der Waals surface area contributed by atoms with Gasteiger partial charge in [0, 0.05) is 0 Å². The number of ether oxygens (including phenoxy) is 1. The number of morpholine rings is 1. The molecule has 7 nitrogen and oxygen atoms in total. The topological polar surface area (TPSA) is 76.3 Å². The molecule has 0 radical (unpaired) electrons. The SMILES string of the molecule is C[NH+](CC(=O)NCC(C)(C)[NH+]1CCOCC1)CC(=O)Nc1ccc(F)c(F)c1F. The number of amides is 2. The van der Waals surface area contributed by atoms with Gasteiger partial charge >= 0.3 is 0 Å². The van der Waals surface area contributed by atoms with Crippen molar-refractivity contribution in [1.82, 2.24) is 5.32 Å². The Bertz CT molecular complexity index is 740. The van der Waals surface area contributed by atoms with Crippen LogP contribution in [0, 0.1) is 17.5 Å². The number of hydrogen-bond donors (Lipinski definition) is 4. The van der Waals surface area contributed by atoms with Gasteiger partial charge in [0.15, 0.2) is 30.5 Å². The molecule has 29 heavy (non-hydrogen) atoms. The Morgan fingerprint density at radius 2 is 1.72 bits per heavy atom. The molecule has 2 amide bonds. The number of hydrogen-bond acceptors (Lipinski definition) is 3. The van der Waals surface area contributed by atoms with Gasteiger partial charge in [-0.25, -0.2) is 13.2 Å². The minimum atomic E-state index is -1.65. The molecule has 1 fully saturated rings. The normalized spacial score (nSPS) is 16.3. The molecule has 0 saturated carbocycles. The molecule has 0 spiro atoms. The van der Waals surface area contributed by atoms with Gasteiger partial charge < -0.3 is 25.2 Å². The third-order valence-corrected chi connectivity index (χ3v) is 5.01. The van der Waals surface area contributed by atoms with E-state index in [0.29, 0.717) is 24.7 Å². The molecule has 162 valence electrons. The molecule has 4 N–H and O–H groups in total. The molecule has 1 unspecified atom stereocenters. The van der Waals surface area contributed by atoms with Crippen molar-refractivity contribution in [2.45, 2.75) is 19.4 Å². The van der Waals surface area contributed by atoms with E-state index in [4.69, 9.17) is 4.74 Å². The van der Waals surface area contributed by atoms with E-state index in [-0.39, 0.29) is 24.5 Å². The molecule has 0 bridgehead atoms. The lowest BCUT2D eigenvalue weighted by molar-refractivity contribution is -0.954. The van der Waals surface area contributed by atoms with Crippen molar-refractivity contribution in [3.63, 3.8) is 0 Å². The van der Waals surface area contributed by atoms with Crippen LogP contribution in [-0.2, 0) is 14.3 Å². The third-order valence-electron chi connectivity index (χ3n) is 5.01. The predicted molar refractivity (Wildman–Crippen MR) is 100 cm³/mol. The van der Waals surface area contributed by atoms with E-state index in [0.717, 1.165) is 25.2 Å². The monoisotopic (exact) mass is 418 g/mol. The summed E-state index contributed by atoms with van der Waals surface area (Å²) < 4.78 is 45.2. The van der Waals surface area contributed by atoms with Gasteiger partial charge in [-0.3, -0.25) is 9.59 Å². The van der Waals surface area contributed by atoms with Crippen molar-refractivity contribution in [3.05, 3.63) is 29.6 Å². The summed E-state index contributed by atoms with van der Waals surface area (Å²) in [6, 6.07) is 1.68. The molecule has 1 saturated heterocycles. The summed E-state index contributed by atoms with van der Waals surface area (Å²) in [4.78, 5) is 26.2. The average Bonchev–Trinajstić information content (AvgIpc) is 2.67. The number of carbonyl (C=O) groups excluding carboxylic acids is 2. The first kappa shape index (κ1) is 23.1. The van der Waals surface area contributed by atoms with Gasteiger partial charge in [0.05, 0.1) is 32.5 Å². The van der Waals surface area contributed by atoms with Gasteiger partial charge in [-0.15, -0.1) is 0 Å². The summed E-state index contributed by atoms with van der Waals surface area (Å²) >= 11 is 0. The number of carbonyl (C=O) groups is 2. The summed E-state index contributed by atoms with van der Waals surface area (Å²) in [6.07, 6.45) is 0. The largest absolute Gasteiger partial charge is 0.370 e. The molecule has 10 heteroatoms. The van der Waals surface area contributed by atoms with E-state index >= 15 is 0 Å². The average molecular weight is 418 g/mol. The number of rotatable bonds is 8. The number of quaternary nitrogens is 2. The summed E-state index contributed by atoms with van der Waals surface area (Å²) in [6.45, 7) is 7.72. The summed E-state index contributed by atoms with van der Waals surface area (Å²) in [5.74, 6) is -5.26. The zero-order valence-electron chi connectivity index (χ0n) is 17.0. The minimum Gasteiger partial charge on any atom is -0.370 e. The van der Waals surface area contributed by atoms with E-state index in [1.54, 1.807) is 7.05 Å². The maximum absolute atomic E-state index is 13.6. The highest BCUT2D eigenvalue weighted by molar-refractivity contribution is 5.91. The molecule has 0 aliphatic carbocycles. The van der Waals surface area contributed by atoms with Crippen LogP contribution in [0.15, 0.2) is 12.1 Å². The van der Waals surface area contributed by atoms with Crippen LogP contribution in [0.4, 0.5) is 18.9 Å². The zero-order chi connectivity index (χ0) is 21.6. The van der Waals surface area contributed by atoms with Crippen molar-refractivity contribution < 1.29 is 37.3 Å². The van der Waals surface area contributed by atoms with Crippen LogP contribution in [0.5, 0.6) is 0 Å². The first-order valence-corrected chi connectivity index (χ1v) is 9.54. The second-order valence-electron chi connectivity index (χ2n) is 7.96. The van der Waals surface area contributed by atoms with Crippen LogP contribution in [0.2, 0.25) is 0 Å². The van der Waals surface area contributed by atoms with Crippen LogP contribution in [0.25, 0.3) is 0 Å². The Balaban J connectivity index is 1.77. The second-order valence-corrected chi connectivity index (χ2v) is 7.96. The number of halogens is 3. The zero-order valence-corrected chi connectivity index (χ0v) is 17.0. The predicted octanol–water partition coefficient (Wildman–Crippen LogP) is -1.63. The molecular formula is C19H29F3N4O3+2.